The van der Waals surface area contributed by atoms with Crippen LogP contribution in [-0.2, 0) is 4.74 Å². The van der Waals surface area contributed by atoms with Gasteiger partial charge in [-0.25, -0.2) is 0 Å². The number of aliphatic hydroxyl groups is 1. The summed E-state index contributed by atoms with van der Waals surface area (Å²) in [6, 6.07) is 0. The first-order valence-corrected chi connectivity index (χ1v) is 8.59. The zero-order valence-electron chi connectivity index (χ0n) is 13.1. The molecule has 0 aliphatic carbocycles. The summed E-state index contributed by atoms with van der Waals surface area (Å²) in [4.78, 5) is 0. The number of hydrogen-bond acceptors (Lipinski definition) is 2. The van der Waals surface area contributed by atoms with Gasteiger partial charge in [-0.3, -0.25) is 0 Å². The van der Waals surface area contributed by atoms with E-state index in [-0.39, 0.29) is 6.10 Å². The molecule has 19 heavy (non-hydrogen) atoms. The largest absolute Gasteiger partial charge is 0.393 e. The van der Waals surface area contributed by atoms with Crippen LogP contribution in [0.25, 0.3) is 0 Å². The number of aliphatic hydroxyl groups excluding tert-OH is 1. The molecule has 3 atom stereocenters. The SMILES string of the molecule is CCCCCCCCCCC(O)C1CCOC1CC. The standard InChI is InChI=1S/C17H34O2/c1-3-5-6-7-8-9-10-11-12-16(18)15-13-14-19-17(15)4-2/h15-18H,3-14H2,1-2H3. The average molecular weight is 270 g/mol. The highest BCUT2D eigenvalue weighted by atomic mass is 16.5. The van der Waals surface area contributed by atoms with Crippen LogP contribution in [0.15, 0.2) is 0 Å². The van der Waals surface area contributed by atoms with E-state index in [1.165, 1.54) is 51.4 Å². The molecule has 0 saturated carbocycles. The molecule has 0 aromatic rings. The molecule has 0 spiro atoms. The quantitative estimate of drug-likeness (QED) is 0.552. The van der Waals surface area contributed by atoms with Crippen LogP contribution in [0.3, 0.4) is 0 Å². The van der Waals surface area contributed by atoms with Gasteiger partial charge in [0.1, 0.15) is 0 Å². The Kier molecular flexibility index (Phi) is 9.54. The summed E-state index contributed by atoms with van der Waals surface area (Å²) >= 11 is 0. The Morgan fingerprint density at radius 2 is 1.63 bits per heavy atom. The van der Waals surface area contributed by atoms with E-state index in [2.05, 4.69) is 13.8 Å². The Bertz CT molecular complexity index is 205. The van der Waals surface area contributed by atoms with Crippen molar-refractivity contribution in [3.05, 3.63) is 0 Å². The highest BCUT2D eigenvalue weighted by Gasteiger charge is 2.31. The second-order valence-corrected chi connectivity index (χ2v) is 6.10. The third-order valence-corrected chi connectivity index (χ3v) is 4.51. The van der Waals surface area contributed by atoms with Gasteiger partial charge in [0.05, 0.1) is 12.2 Å². The van der Waals surface area contributed by atoms with Crippen LogP contribution in [0, 0.1) is 5.92 Å². The maximum Gasteiger partial charge on any atom is 0.0626 e. The van der Waals surface area contributed by atoms with E-state index in [0.717, 1.165) is 25.9 Å². The predicted octanol–water partition coefficient (Wildman–Crippen LogP) is 4.69. The smallest absolute Gasteiger partial charge is 0.0626 e. The summed E-state index contributed by atoms with van der Waals surface area (Å²) in [6.45, 7) is 5.27. The molecule has 1 aliphatic heterocycles. The van der Waals surface area contributed by atoms with Gasteiger partial charge >= 0.3 is 0 Å². The highest BCUT2D eigenvalue weighted by Crippen LogP contribution is 2.28. The molecule has 1 N–H and O–H groups in total. The molecule has 0 radical (unpaired) electrons. The fraction of sp³-hybridized carbons (Fsp3) is 1.00. The van der Waals surface area contributed by atoms with Gasteiger partial charge in [0.2, 0.25) is 0 Å². The van der Waals surface area contributed by atoms with E-state index in [1.54, 1.807) is 0 Å². The molecule has 2 heteroatoms. The molecule has 1 rings (SSSR count). The van der Waals surface area contributed by atoms with Crippen molar-refractivity contribution in [1.82, 2.24) is 0 Å². The minimum atomic E-state index is -0.132. The number of ether oxygens (including phenoxy) is 1. The molecule has 1 fully saturated rings. The molecular formula is C17H34O2. The van der Waals surface area contributed by atoms with E-state index < -0.39 is 0 Å². The Hall–Kier alpha value is -0.0800. The van der Waals surface area contributed by atoms with E-state index >= 15 is 0 Å². The Morgan fingerprint density at radius 3 is 2.26 bits per heavy atom. The van der Waals surface area contributed by atoms with E-state index in [9.17, 15) is 5.11 Å². The summed E-state index contributed by atoms with van der Waals surface area (Å²) in [5, 5.41) is 10.2. The normalized spacial score (nSPS) is 24.8. The summed E-state index contributed by atoms with van der Waals surface area (Å²) < 4.78 is 5.66. The average Bonchev–Trinajstić information content (AvgIpc) is 2.90. The lowest BCUT2D eigenvalue weighted by molar-refractivity contribution is 0.0268. The van der Waals surface area contributed by atoms with Gasteiger partial charge in [-0.2, -0.15) is 0 Å². The lowest BCUT2D eigenvalue weighted by Crippen LogP contribution is -2.27. The Labute approximate surface area is 119 Å². The van der Waals surface area contributed by atoms with Crippen LogP contribution in [0.5, 0.6) is 0 Å². The third-order valence-electron chi connectivity index (χ3n) is 4.51. The fourth-order valence-corrected chi connectivity index (χ4v) is 3.23. The van der Waals surface area contributed by atoms with E-state index in [1.807, 2.05) is 0 Å². The van der Waals surface area contributed by atoms with Gasteiger partial charge in [0.25, 0.3) is 0 Å². The van der Waals surface area contributed by atoms with Gasteiger partial charge in [0, 0.05) is 12.5 Å². The summed E-state index contributed by atoms with van der Waals surface area (Å²) in [5.74, 6) is 0.398. The molecule has 0 aromatic carbocycles. The van der Waals surface area contributed by atoms with Gasteiger partial charge in [0.15, 0.2) is 0 Å². The molecule has 3 unspecified atom stereocenters. The molecular weight excluding hydrogens is 236 g/mol. The molecule has 2 nitrogen and oxygen atoms in total. The molecule has 1 heterocycles. The first-order chi connectivity index (χ1) is 9.29. The second-order valence-electron chi connectivity index (χ2n) is 6.10. The minimum Gasteiger partial charge on any atom is -0.393 e. The summed E-state index contributed by atoms with van der Waals surface area (Å²) in [7, 11) is 0. The fourth-order valence-electron chi connectivity index (χ4n) is 3.23. The maximum atomic E-state index is 10.2. The highest BCUT2D eigenvalue weighted by molar-refractivity contribution is 4.81. The molecule has 0 bridgehead atoms. The molecule has 114 valence electrons. The van der Waals surface area contributed by atoms with Crippen LogP contribution in [-0.4, -0.2) is 23.9 Å². The molecule has 0 aromatic heterocycles. The minimum absolute atomic E-state index is 0.132. The van der Waals surface area contributed by atoms with Gasteiger partial charge in [-0.1, -0.05) is 65.2 Å². The van der Waals surface area contributed by atoms with Crippen molar-refractivity contribution in [3.63, 3.8) is 0 Å². The lowest BCUT2D eigenvalue weighted by atomic mass is 9.90. The molecule has 1 saturated heterocycles. The summed E-state index contributed by atoms with van der Waals surface area (Å²) in [6.07, 6.45) is 13.9. The third kappa shape index (κ3) is 6.76. The Morgan fingerprint density at radius 1 is 1.00 bits per heavy atom. The number of rotatable bonds is 11. The van der Waals surface area contributed by atoms with Crippen LogP contribution in [0.1, 0.15) is 84.5 Å². The van der Waals surface area contributed by atoms with Crippen molar-refractivity contribution in [2.24, 2.45) is 5.92 Å². The zero-order valence-corrected chi connectivity index (χ0v) is 13.1. The van der Waals surface area contributed by atoms with Crippen molar-refractivity contribution in [2.45, 2.75) is 96.7 Å². The second kappa shape index (κ2) is 10.7. The topological polar surface area (TPSA) is 29.5 Å². The van der Waals surface area contributed by atoms with Crippen LogP contribution < -0.4 is 0 Å². The maximum absolute atomic E-state index is 10.2. The molecule has 1 aliphatic rings. The van der Waals surface area contributed by atoms with Gasteiger partial charge in [-0.05, 0) is 19.3 Å². The van der Waals surface area contributed by atoms with Crippen LogP contribution in [0.4, 0.5) is 0 Å². The van der Waals surface area contributed by atoms with Crippen molar-refractivity contribution in [3.8, 4) is 0 Å². The van der Waals surface area contributed by atoms with Crippen molar-refractivity contribution in [1.29, 1.82) is 0 Å². The van der Waals surface area contributed by atoms with Crippen molar-refractivity contribution < 1.29 is 9.84 Å². The van der Waals surface area contributed by atoms with Crippen LogP contribution >= 0.6 is 0 Å². The lowest BCUT2D eigenvalue weighted by Gasteiger charge is -2.22. The monoisotopic (exact) mass is 270 g/mol. The van der Waals surface area contributed by atoms with E-state index in [4.69, 9.17) is 4.74 Å². The van der Waals surface area contributed by atoms with Crippen molar-refractivity contribution >= 4 is 0 Å². The zero-order chi connectivity index (χ0) is 13.9. The first kappa shape index (κ1) is 17.0. The van der Waals surface area contributed by atoms with Gasteiger partial charge < -0.3 is 9.84 Å². The summed E-state index contributed by atoms with van der Waals surface area (Å²) in [5.41, 5.74) is 0. The number of unbranched alkanes of at least 4 members (excludes halogenated alkanes) is 7. The molecule has 0 amide bonds. The van der Waals surface area contributed by atoms with Gasteiger partial charge in [-0.15, -0.1) is 0 Å². The van der Waals surface area contributed by atoms with Crippen molar-refractivity contribution in [2.75, 3.05) is 6.61 Å². The first-order valence-electron chi connectivity index (χ1n) is 8.59. The Balaban J connectivity index is 1.96. The number of hydrogen-bond donors (Lipinski definition) is 1. The van der Waals surface area contributed by atoms with E-state index in [0.29, 0.717) is 12.0 Å². The van der Waals surface area contributed by atoms with Crippen LogP contribution in [0.2, 0.25) is 0 Å². The predicted molar refractivity (Wildman–Crippen MR) is 81.4 cm³/mol.